The number of nitrogens with two attached hydrogens (primary N) is 1. The molecule has 0 aliphatic carbocycles. The topological polar surface area (TPSA) is 99.2 Å². The fourth-order valence-electron chi connectivity index (χ4n) is 3.27. The molecular formula is C15H16F2N6O2. The average Bonchev–Trinajstić information content (AvgIpc) is 3.07. The number of nitrogen functional groups attached to an aromatic ring is 1. The molecule has 132 valence electrons. The van der Waals surface area contributed by atoms with Gasteiger partial charge in [-0.2, -0.15) is 4.98 Å². The molecule has 2 N–H and O–H groups in total. The van der Waals surface area contributed by atoms with Gasteiger partial charge in [-0.3, -0.25) is 19.4 Å². The van der Waals surface area contributed by atoms with Crippen molar-refractivity contribution >= 4 is 5.82 Å². The van der Waals surface area contributed by atoms with Gasteiger partial charge in [0.15, 0.2) is 0 Å². The zero-order valence-electron chi connectivity index (χ0n) is 13.2. The van der Waals surface area contributed by atoms with Crippen molar-refractivity contribution in [2.24, 2.45) is 0 Å². The first-order valence-corrected chi connectivity index (χ1v) is 7.81. The molecule has 2 aliphatic rings. The summed E-state index contributed by atoms with van der Waals surface area (Å²) in [6.45, 7) is 1.40. The molecule has 4 rings (SSSR count). The quantitative estimate of drug-likeness (QED) is 0.863. The Balaban J connectivity index is 1.48. The SMILES string of the molecule is Nc1ccn([C@@H]2O[C@H](CN3Cc4nccnc4C3)CC2(F)F)c(=O)n1. The van der Waals surface area contributed by atoms with Crippen LogP contribution in [0.4, 0.5) is 14.6 Å². The molecule has 10 heteroatoms. The maximum atomic E-state index is 14.4. The van der Waals surface area contributed by atoms with Gasteiger partial charge in [0.25, 0.3) is 5.92 Å². The minimum Gasteiger partial charge on any atom is -0.383 e. The number of aromatic nitrogens is 4. The number of hydrogen-bond donors (Lipinski definition) is 1. The summed E-state index contributed by atoms with van der Waals surface area (Å²) in [5.41, 5.74) is 6.25. The summed E-state index contributed by atoms with van der Waals surface area (Å²) in [4.78, 5) is 25.8. The minimum absolute atomic E-state index is 0.0195. The number of halogens is 2. The van der Waals surface area contributed by atoms with E-state index in [1.165, 1.54) is 12.3 Å². The first-order chi connectivity index (χ1) is 11.9. The lowest BCUT2D eigenvalue weighted by Crippen LogP contribution is -2.35. The van der Waals surface area contributed by atoms with Gasteiger partial charge in [0, 0.05) is 44.6 Å². The van der Waals surface area contributed by atoms with Crippen LogP contribution in [0.1, 0.15) is 24.0 Å². The Morgan fingerprint density at radius 1 is 1.28 bits per heavy atom. The van der Waals surface area contributed by atoms with E-state index in [1.54, 1.807) is 12.4 Å². The van der Waals surface area contributed by atoms with Gasteiger partial charge in [-0.15, -0.1) is 0 Å². The van der Waals surface area contributed by atoms with E-state index in [4.69, 9.17) is 10.5 Å². The first kappa shape index (κ1) is 16.0. The van der Waals surface area contributed by atoms with E-state index >= 15 is 0 Å². The van der Waals surface area contributed by atoms with Gasteiger partial charge in [-0.1, -0.05) is 0 Å². The molecule has 25 heavy (non-hydrogen) atoms. The molecule has 0 amide bonds. The van der Waals surface area contributed by atoms with Crippen molar-refractivity contribution in [2.45, 2.75) is 37.8 Å². The van der Waals surface area contributed by atoms with E-state index in [0.717, 1.165) is 16.0 Å². The summed E-state index contributed by atoms with van der Waals surface area (Å²) >= 11 is 0. The van der Waals surface area contributed by atoms with Crippen molar-refractivity contribution in [1.29, 1.82) is 0 Å². The number of ether oxygens (including phenoxy) is 1. The van der Waals surface area contributed by atoms with Crippen molar-refractivity contribution in [3.05, 3.63) is 46.5 Å². The maximum absolute atomic E-state index is 14.4. The lowest BCUT2D eigenvalue weighted by molar-refractivity contribution is -0.118. The largest absolute Gasteiger partial charge is 0.383 e. The van der Waals surface area contributed by atoms with E-state index in [9.17, 15) is 13.6 Å². The second-order valence-electron chi connectivity index (χ2n) is 6.24. The first-order valence-electron chi connectivity index (χ1n) is 7.81. The van der Waals surface area contributed by atoms with Crippen LogP contribution in [-0.4, -0.2) is 43.0 Å². The molecule has 0 unspecified atom stereocenters. The van der Waals surface area contributed by atoms with Gasteiger partial charge in [-0.05, 0) is 6.07 Å². The predicted octanol–water partition coefficient (Wildman–Crippen LogP) is 0.554. The van der Waals surface area contributed by atoms with Crippen LogP contribution in [0.25, 0.3) is 0 Å². The lowest BCUT2D eigenvalue weighted by atomic mass is 10.1. The van der Waals surface area contributed by atoms with Crippen molar-refractivity contribution < 1.29 is 13.5 Å². The second-order valence-corrected chi connectivity index (χ2v) is 6.24. The molecule has 0 radical (unpaired) electrons. The Labute approximate surface area is 141 Å². The number of anilines is 1. The van der Waals surface area contributed by atoms with Crippen LogP contribution in [0, 0.1) is 0 Å². The molecular weight excluding hydrogens is 334 g/mol. The Hall–Kier alpha value is -2.46. The number of hydrogen-bond acceptors (Lipinski definition) is 7. The molecule has 2 aliphatic heterocycles. The minimum atomic E-state index is -3.17. The van der Waals surface area contributed by atoms with Gasteiger partial charge >= 0.3 is 5.69 Å². The zero-order valence-corrected chi connectivity index (χ0v) is 13.2. The lowest BCUT2D eigenvalue weighted by Gasteiger charge is -2.20. The summed E-state index contributed by atoms with van der Waals surface area (Å²) < 4.78 is 35.0. The summed E-state index contributed by atoms with van der Waals surface area (Å²) in [7, 11) is 0. The van der Waals surface area contributed by atoms with Crippen LogP contribution in [0.3, 0.4) is 0 Å². The van der Waals surface area contributed by atoms with Crippen molar-refractivity contribution in [3.8, 4) is 0 Å². The molecule has 0 aromatic carbocycles. The third-order valence-corrected chi connectivity index (χ3v) is 4.36. The highest BCUT2D eigenvalue weighted by molar-refractivity contribution is 5.23. The van der Waals surface area contributed by atoms with Crippen molar-refractivity contribution in [3.63, 3.8) is 0 Å². The van der Waals surface area contributed by atoms with Crippen LogP contribution < -0.4 is 11.4 Å². The van der Waals surface area contributed by atoms with Gasteiger partial charge in [0.2, 0.25) is 6.23 Å². The Bertz CT molecular complexity index is 833. The summed E-state index contributed by atoms with van der Waals surface area (Å²) in [6, 6.07) is 1.29. The number of nitrogens with zero attached hydrogens (tertiary/aromatic N) is 5. The summed E-state index contributed by atoms with van der Waals surface area (Å²) in [6.07, 6.45) is 1.55. The molecule has 2 aromatic heterocycles. The fourth-order valence-corrected chi connectivity index (χ4v) is 3.27. The molecule has 0 saturated carbocycles. The fraction of sp³-hybridized carbons (Fsp3) is 0.467. The van der Waals surface area contributed by atoms with E-state index in [2.05, 4.69) is 15.0 Å². The average molecular weight is 350 g/mol. The predicted molar refractivity (Wildman–Crippen MR) is 82.5 cm³/mol. The van der Waals surface area contributed by atoms with Crippen LogP contribution in [0.15, 0.2) is 29.5 Å². The van der Waals surface area contributed by atoms with Crippen LogP contribution in [-0.2, 0) is 17.8 Å². The van der Waals surface area contributed by atoms with Gasteiger partial charge < -0.3 is 10.5 Å². The molecule has 0 bridgehead atoms. The molecule has 4 heterocycles. The Kier molecular flexibility index (Phi) is 3.73. The third kappa shape index (κ3) is 2.98. The highest BCUT2D eigenvalue weighted by atomic mass is 19.3. The smallest absolute Gasteiger partial charge is 0.351 e. The Morgan fingerprint density at radius 3 is 2.60 bits per heavy atom. The normalized spacial score (nSPS) is 25.2. The van der Waals surface area contributed by atoms with Crippen LogP contribution >= 0.6 is 0 Å². The molecule has 2 aromatic rings. The van der Waals surface area contributed by atoms with E-state index in [-0.39, 0.29) is 5.82 Å². The van der Waals surface area contributed by atoms with Crippen LogP contribution in [0.5, 0.6) is 0 Å². The standard InChI is InChI=1S/C15H16F2N6O2/c16-15(17)5-9(6-22-7-10-11(8-22)20-3-2-19-10)25-13(15)23-4-1-12(18)21-14(23)24/h1-4,9,13H,5-8H2,(H2,18,21,24)/t9-,13+/m0/s1. The number of rotatable bonds is 3. The maximum Gasteiger partial charge on any atom is 0.351 e. The molecule has 0 spiro atoms. The molecule has 2 atom stereocenters. The molecule has 1 fully saturated rings. The molecule has 8 nitrogen and oxygen atoms in total. The molecule has 1 saturated heterocycles. The number of fused-ring (bicyclic) bond motifs is 1. The van der Waals surface area contributed by atoms with Crippen molar-refractivity contribution in [1.82, 2.24) is 24.4 Å². The van der Waals surface area contributed by atoms with E-state index in [0.29, 0.717) is 19.6 Å². The number of alkyl halides is 2. The monoisotopic (exact) mass is 350 g/mol. The third-order valence-electron chi connectivity index (χ3n) is 4.36. The zero-order chi connectivity index (χ0) is 17.6. The van der Waals surface area contributed by atoms with Gasteiger partial charge in [-0.25, -0.2) is 13.6 Å². The van der Waals surface area contributed by atoms with E-state index < -0.39 is 30.4 Å². The van der Waals surface area contributed by atoms with Gasteiger partial charge in [0.1, 0.15) is 5.82 Å². The Morgan fingerprint density at radius 2 is 1.96 bits per heavy atom. The van der Waals surface area contributed by atoms with Gasteiger partial charge in [0.05, 0.1) is 17.5 Å². The van der Waals surface area contributed by atoms with Crippen LogP contribution in [0.2, 0.25) is 0 Å². The van der Waals surface area contributed by atoms with E-state index in [1.807, 2.05) is 4.90 Å². The second kappa shape index (κ2) is 5.81. The summed E-state index contributed by atoms with van der Waals surface area (Å²) in [5, 5.41) is 0. The highest BCUT2D eigenvalue weighted by Gasteiger charge is 2.52. The highest BCUT2D eigenvalue weighted by Crippen LogP contribution is 2.42. The summed E-state index contributed by atoms with van der Waals surface area (Å²) in [5.74, 6) is -3.19. The van der Waals surface area contributed by atoms with Crippen molar-refractivity contribution in [2.75, 3.05) is 12.3 Å².